The lowest BCUT2D eigenvalue weighted by molar-refractivity contribution is 0.0652. The van der Waals surface area contributed by atoms with Gasteiger partial charge in [0, 0.05) is 50.4 Å². The number of carbonyl (C=O) groups excluding carboxylic acids is 1. The summed E-state index contributed by atoms with van der Waals surface area (Å²) < 4.78 is 7.04. The van der Waals surface area contributed by atoms with E-state index >= 15 is 0 Å². The van der Waals surface area contributed by atoms with E-state index in [0.717, 1.165) is 50.0 Å². The molecule has 9 heteroatoms. The number of ether oxygens (including phenoxy) is 1. The van der Waals surface area contributed by atoms with Crippen LogP contribution in [0, 0.1) is 0 Å². The minimum absolute atomic E-state index is 0.0123. The smallest absolute Gasteiger partial charge is 0.272 e. The van der Waals surface area contributed by atoms with Crippen LogP contribution < -0.4 is 10.5 Å². The number of hydrogen-bond donors (Lipinski definition) is 1. The van der Waals surface area contributed by atoms with Crippen LogP contribution in [-0.4, -0.2) is 69.9 Å². The van der Waals surface area contributed by atoms with Gasteiger partial charge in [0.2, 0.25) is 5.95 Å². The lowest BCUT2D eigenvalue weighted by Gasteiger charge is -2.39. The summed E-state index contributed by atoms with van der Waals surface area (Å²) in [6.45, 7) is 4.12. The Morgan fingerprint density at radius 1 is 1.17 bits per heavy atom. The molecule has 1 aliphatic carbocycles. The standard InChI is InChI=1S/C20H26N6O3/c1-24-15(3-7-21-24)18(28)25-8-5-20(6-9-25)4-2-14-16(20)22-19(23-17(14)27)26-10-12-29-13-11-26/h3,7H,2,4-6,8-13H2,1H3,(H,22,23,27). The Labute approximate surface area is 168 Å². The maximum atomic E-state index is 12.8. The Morgan fingerprint density at radius 3 is 2.62 bits per heavy atom. The Morgan fingerprint density at radius 2 is 1.93 bits per heavy atom. The summed E-state index contributed by atoms with van der Waals surface area (Å²) in [7, 11) is 1.79. The van der Waals surface area contributed by atoms with Crippen molar-refractivity contribution in [1.82, 2.24) is 24.6 Å². The van der Waals surface area contributed by atoms with E-state index in [0.29, 0.717) is 37.9 Å². The number of aromatic nitrogens is 4. The highest BCUT2D eigenvalue weighted by Gasteiger charge is 2.45. The van der Waals surface area contributed by atoms with Crippen molar-refractivity contribution in [2.45, 2.75) is 31.1 Å². The highest BCUT2D eigenvalue weighted by atomic mass is 16.5. The second-order valence-corrected chi connectivity index (χ2v) is 8.23. The summed E-state index contributed by atoms with van der Waals surface area (Å²) in [4.78, 5) is 37.5. The van der Waals surface area contributed by atoms with Crippen LogP contribution in [0.5, 0.6) is 0 Å². The third kappa shape index (κ3) is 3.04. The average molecular weight is 398 g/mol. The molecule has 2 saturated heterocycles. The van der Waals surface area contributed by atoms with Crippen LogP contribution in [0.15, 0.2) is 17.1 Å². The van der Waals surface area contributed by atoms with Crippen molar-refractivity contribution in [3.63, 3.8) is 0 Å². The van der Waals surface area contributed by atoms with Crippen LogP contribution in [0.2, 0.25) is 0 Å². The number of anilines is 1. The van der Waals surface area contributed by atoms with Crippen molar-refractivity contribution < 1.29 is 9.53 Å². The highest BCUT2D eigenvalue weighted by molar-refractivity contribution is 5.92. The fourth-order valence-electron chi connectivity index (χ4n) is 4.93. The molecule has 0 aromatic carbocycles. The van der Waals surface area contributed by atoms with E-state index in [2.05, 4.69) is 15.0 Å². The van der Waals surface area contributed by atoms with Gasteiger partial charge in [-0.2, -0.15) is 5.10 Å². The largest absolute Gasteiger partial charge is 0.378 e. The summed E-state index contributed by atoms with van der Waals surface area (Å²) in [6.07, 6.45) is 5.01. The summed E-state index contributed by atoms with van der Waals surface area (Å²) in [5.41, 5.74) is 2.27. The number of H-pyrrole nitrogens is 1. The summed E-state index contributed by atoms with van der Waals surface area (Å²) in [5, 5.41) is 4.10. The monoisotopic (exact) mass is 398 g/mol. The molecule has 1 N–H and O–H groups in total. The number of nitrogens with one attached hydrogen (secondary N) is 1. The molecule has 2 aliphatic heterocycles. The number of amides is 1. The normalized spacial score (nSPS) is 20.9. The maximum absolute atomic E-state index is 12.8. The zero-order valence-corrected chi connectivity index (χ0v) is 16.7. The number of morpholine rings is 1. The first kappa shape index (κ1) is 18.4. The predicted octanol–water partition coefficient (Wildman–Crippen LogP) is 0.460. The molecule has 4 heterocycles. The molecule has 0 radical (unpaired) electrons. The number of rotatable bonds is 2. The number of hydrogen-bond acceptors (Lipinski definition) is 6. The van der Waals surface area contributed by atoms with E-state index in [4.69, 9.17) is 9.72 Å². The number of aromatic amines is 1. The van der Waals surface area contributed by atoms with Crippen molar-refractivity contribution in [2.24, 2.45) is 7.05 Å². The molecule has 1 spiro atoms. The Kier molecular flexibility index (Phi) is 4.42. The molecule has 0 saturated carbocycles. The first-order chi connectivity index (χ1) is 14.1. The van der Waals surface area contributed by atoms with Crippen molar-refractivity contribution in [1.29, 1.82) is 0 Å². The Bertz CT molecular complexity index is 982. The van der Waals surface area contributed by atoms with Gasteiger partial charge in [0.15, 0.2) is 0 Å². The average Bonchev–Trinajstić information content (AvgIpc) is 3.33. The van der Waals surface area contributed by atoms with Crippen LogP contribution in [0.1, 0.15) is 41.0 Å². The zero-order valence-electron chi connectivity index (χ0n) is 16.7. The van der Waals surface area contributed by atoms with Gasteiger partial charge < -0.3 is 14.5 Å². The van der Waals surface area contributed by atoms with Gasteiger partial charge in [0.1, 0.15) is 5.69 Å². The van der Waals surface area contributed by atoms with Gasteiger partial charge in [-0.15, -0.1) is 0 Å². The minimum Gasteiger partial charge on any atom is -0.378 e. The topological polar surface area (TPSA) is 96.3 Å². The summed E-state index contributed by atoms with van der Waals surface area (Å²) >= 11 is 0. The number of aryl methyl sites for hydroxylation is 1. The first-order valence-corrected chi connectivity index (χ1v) is 10.3. The van der Waals surface area contributed by atoms with E-state index in [1.165, 1.54) is 0 Å². The number of piperidine rings is 1. The molecule has 2 aromatic heterocycles. The van der Waals surface area contributed by atoms with Crippen LogP contribution in [0.3, 0.4) is 0 Å². The van der Waals surface area contributed by atoms with Gasteiger partial charge in [-0.3, -0.25) is 19.3 Å². The highest BCUT2D eigenvalue weighted by Crippen LogP contribution is 2.44. The van der Waals surface area contributed by atoms with Crippen LogP contribution >= 0.6 is 0 Å². The number of likely N-dealkylation sites (tertiary alicyclic amines) is 1. The maximum Gasteiger partial charge on any atom is 0.272 e. The van der Waals surface area contributed by atoms with Crippen LogP contribution in [0.25, 0.3) is 0 Å². The molecule has 2 fully saturated rings. The molecule has 3 aliphatic rings. The van der Waals surface area contributed by atoms with Gasteiger partial charge >= 0.3 is 0 Å². The van der Waals surface area contributed by atoms with E-state index in [1.54, 1.807) is 24.0 Å². The minimum atomic E-state index is -0.103. The van der Waals surface area contributed by atoms with Crippen LogP contribution in [0.4, 0.5) is 5.95 Å². The molecule has 9 nitrogen and oxygen atoms in total. The zero-order chi connectivity index (χ0) is 20.0. The van der Waals surface area contributed by atoms with Gasteiger partial charge in [-0.25, -0.2) is 4.98 Å². The molecule has 2 aromatic rings. The van der Waals surface area contributed by atoms with Gasteiger partial charge in [-0.05, 0) is 31.7 Å². The molecule has 29 heavy (non-hydrogen) atoms. The number of carbonyl (C=O) groups is 1. The Balaban J connectivity index is 1.39. The third-order valence-electron chi connectivity index (χ3n) is 6.72. The SMILES string of the molecule is Cn1nccc1C(=O)N1CCC2(CCc3c2nc(N2CCOCC2)[nH]c3=O)CC1. The van der Waals surface area contributed by atoms with Gasteiger partial charge in [0.05, 0.1) is 18.9 Å². The molecule has 0 bridgehead atoms. The third-order valence-corrected chi connectivity index (χ3v) is 6.72. The number of fused-ring (bicyclic) bond motifs is 2. The second kappa shape index (κ2) is 6.98. The molecule has 0 atom stereocenters. The summed E-state index contributed by atoms with van der Waals surface area (Å²) in [5.74, 6) is 0.678. The van der Waals surface area contributed by atoms with Crippen molar-refractivity contribution in [2.75, 3.05) is 44.3 Å². The van der Waals surface area contributed by atoms with Gasteiger partial charge in [-0.1, -0.05) is 0 Å². The quantitative estimate of drug-likeness (QED) is 0.790. The molecule has 154 valence electrons. The fraction of sp³-hybridized carbons (Fsp3) is 0.600. The van der Waals surface area contributed by atoms with Crippen molar-refractivity contribution >= 4 is 11.9 Å². The first-order valence-electron chi connectivity index (χ1n) is 10.3. The molecule has 5 rings (SSSR count). The molecule has 1 amide bonds. The number of nitrogens with zero attached hydrogens (tertiary/aromatic N) is 5. The molecular formula is C20H26N6O3. The van der Waals surface area contributed by atoms with Crippen molar-refractivity contribution in [3.8, 4) is 0 Å². The van der Waals surface area contributed by atoms with Crippen molar-refractivity contribution in [3.05, 3.63) is 39.6 Å². The van der Waals surface area contributed by atoms with E-state index in [1.807, 2.05) is 4.90 Å². The van der Waals surface area contributed by atoms with E-state index in [9.17, 15) is 9.59 Å². The predicted molar refractivity (Wildman–Crippen MR) is 106 cm³/mol. The molecular weight excluding hydrogens is 372 g/mol. The summed E-state index contributed by atoms with van der Waals surface area (Å²) in [6, 6.07) is 1.76. The van der Waals surface area contributed by atoms with E-state index < -0.39 is 0 Å². The van der Waals surface area contributed by atoms with Crippen LogP contribution in [-0.2, 0) is 23.6 Å². The lowest BCUT2D eigenvalue weighted by Crippen LogP contribution is -2.45. The molecule has 0 unspecified atom stereocenters. The van der Waals surface area contributed by atoms with Gasteiger partial charge in [0.25, 0.3) is 11.5 Å². The second-order valence-electron chi connectivity index (χ2n) is 8.23. The Hall–Kier alpha value is -2.68. The van der Waals surface area contributed by atoms with E-state index in [-0.39, 0.29) is 16.9 Å². The fourth-order valence-corrected chi connectivity index (χ4v) is 4.93. The lowest BCUT2D eigenvalue weighted by atomic mass is 9.76.